The predicted octanol–water partition coefficient (Wildman–Crippen LogP) is 3.41. The fourth-order valence-electron chi connectivity index (χ4n) is 4.31. The Hall–Kier alpha value is -2.36. The van der Waals surface area contributed by atoms with E-state index in [1.807, 2.05) is 9.80 Å². The first-order valence-corrected chi connectivity index (χ1v) is 12.2. The second-order valence-corrected chi connectivity index (χ2v) is 9.13. The van der Waals surface area contributed by atoms with Crippen LogP contribution in [-0.4, -0.2) is 71.8 Å². The Morgan fingerprint density at radius 2 is 1.97 bits per heavy atom. The Morgan fingerprint density at radius 1 is 1.12 bits per heavy atom. The maximum absolute atomic E-state index is 12.7. The van der Waals surface area contributed by atoms with Crippen LogP contribution in [0.25, 0.3) is 6.08 Å². The molecule has 0 aromatic carbocycles. The SMILES string of the molecule is O=C(C=Cc1cnc(N[C@@H]2CCN(C(=O)N3CCCCC3)C2)c(Cl)c1)NOC1CCCCO1. The molecule has 4 heterocycles. The van der Waals surface area contributed by atoms with Crippen molar-refractivity contribution in [3.63, 3.8) is 0 Å². The van der Waals surface area contributed by atoms with Crippen LogP contribution < -0.4 is 10.8 Å². The van der Waals surface area contributed by atoms with Crippen molar-refractivity contribution < 1.29 is 19.2 Å². The van der Waals surface area contributed by atoms with Crippen molar-refractivity contribution in [2.24, 2.45) is 0 Å². The number of rotatable bonds is 6. The molecule has 180 valence electrons. The van der Waals surface area contributed by atoms with E-state index in [0.29, 0.717) is 29.6 Å². The number of ether oxygens (including phenoxy) is 1. The second kappa shape index (κ2) is 11.7. The fourth-order valence-corrected chi connectivity index (χ4v) is 4.54. The first-order chi connectivity index (χ1) is 16.1. The number of nitrogens with one attached hydrogen (secondary N) is 2. The second-order valence-electron chi connectivity index (χ2n) is 8.72. The highest BCUT2D eigenvalue weighted by molar-refractivity contribution is 6.33. The average Bonchev–Trinajstić information content (AvgIpc) is 3.32. The van der Waals surface area contributed by atoms with Crippen molar-refractivity contribution in [1.29, 1.82) is 0 Å². The lowest BCUT2D eigenvalue weighted by molar-refractivity contribution is -0.198. The quantitative estimate of drug-likeness (QED) is 0.481. The van der Waals surface area contributed by atoms with Gasteiger partial charge >= 0.3 is 6.03 Å². The number of halogens is 1. The van der Waals surface area contributed by atoms with Crippen molar-refractivity contribution in [3.05, 3.63) is 28.9 Å². The van der Waals surface area contributed by atoms with Crippen LogP contribution in [0, 0.1) is 0 Å². The zero-order valence-electron chi connectivity index (χ0n) is 18.8. The summed E-state index contributed by atoms with van der Waals surface area (Å²) in [6, 6.07) is 1.99. The van der Waals surface area contributed by atoms with Crippen LogP contribution in [-0.2, 0) is 14.4 Å². The van der Waals surface area contributed by atoms with E-state index in [-0.39, 0.29) is 24.3 Å². The standard InChI is InChI=1S/C23H32ClN5O4/c24-19-14-17(7-8-20(30)27-33-21-6-2-5-13-32-21)15-25-22(19)26-18-9-12-29(16-18)23(31)28-10-3-1-4-11-28/h7-8,14-15,18,21H,1-6,9-13,16H2,(H,25,26)(H,27,30)/t18-,21?/m1/s1. The molecule has 0 aliphatic carbocycles. The number of urea groups is 1. The lowest BCUT2D eigenvalue weighted by Gasteiger charge is -2.31. The van der Waals surface area contributed by atoms with Gasteiger partial charge in [-0.1, -0.05) is 11.6 Å². The highest BCUT2D eigenvalue weighted by Crippen LogP contribution is 2.24. The third kappa shape index (κ3) is 6.82. The molecule has 0 spiro atoms. The molecule has 3 saturated heterocycles. The van der Waals surface area contributed by atoms with E-state index in [4.69, 9.17) is 21.2 Å². The minimum atomic E-state index is -0.390. The van der Waals surface area contributed by atoms with E-state index in [2.05, 4.69) is 15.8 Å². The van der Waals surface area contributed by atoms with Gasteiger partial charge in [-0.15, -0.1) is 0 Å². The van der Waals surface area contributed by atoms with Crippen LogP contribution in [0.5, 0.6) is 0 Å². The summed E-state index contributed by atoms with van der Waals surface area (Å²) >= 11 is 6.42. The number of likely N-dealkylation sites (tertiary alicyclic amines) is 2. The molecule has 2 N–H and O–H groups in total. The number of amides is 3. The van der Waals surface area contributed by atoms with Crippen LogP contribution in [0.4, 0.5) is 10.6 Å². The van der Waals surface area contributed by atoms with Gasteiger partial charge in [0.1, 0.15) is 5.82 Å². The van der Waals surface area contributed by atoms with Gasteiger partial charge in [-0.2, -0.15) is 0 Å². The molecular weight excluding hydrogens is 446 g/mol. The maximum Gasteiger partial charge on any atom is 0.320 e. The van der Waals surface area contributed by atoms with Gasteiger partial charge in [0.25, 0.3) is 5.91 Å². The molecule has 1 unspecified atom stereocenters. The average molecular weight is 478 g/mol. The minimum absolute atomic E-state index is 0.107. The van der Waals surface area contributed by atoms with E-state index in [0.717, 1.165) is 58.2 Å². The Morgan fingerprint density at radius 3 is 2.73 bits per heavy atom. The van der Waals surface area contributed by atoms with Crippen molar-refractivity contribution >= 4 is 35.4 Å². The third-order valence-electron chi connectivity index (χ3n) is 6.14. The number of carbonyl (C=O) groups is 2. The van der Waals surface area contributed by atoms with E-state index in [9.17, 15) is 9.59 Å². The summed E-state index contributed by atoms with van der Waals surface area (Å²) in [4.78, 5) is 38.2. The van der Waals surface area contributed by atoms with E-state index >= 15 is 0 Å². The molecule has 4 rings (SSSR count). The molecule has 0 radical (unpaired) electrons. The monoisotopic (exact) mass is 477 g/mol. The predicted molar refractivity (Wildman–Crippen MR) is 126 cm³/mol. The van der Waals surface area contributed by atoms with Crippen LogP contribution in [0.2, 0.25) is 5.02 Å². The van der Waals surface area contributed by atoms with Gasteiger partial charge in [0.15, 0.2) is 6.29 Å². The largest absolute Gasteiger partial charge is 0.364 e. The first-order valence-electron chi connectivity index (χ1n) is 11.8. The summed E-state index contributed by atoms with van der Waals surface area (Å²) in [7, 11) is 0. The normalized spacial score (nSPS) is 23.7. The summed E-state index contributed by atoms with van der Waals surface area (Å²) in [6.07, 6.45) is 11.3. The lowest BCUT2D eigenvalue weighted by Crippen LogP contribution is -2.45. The fraction of sp³-hybridized carbons (Fsp3) is 0.609. The van der Waals surface area contributed by atoms with Crippen LogP contribution in [0.15, 0.2) is 18.3 Å². The van der Waals surface area contributed by atoms with E-state index in [1.165, 1.54) is 12.5 Å². The molecule has 3 aliphatic heterocycles. The molecular formula is C23H32ClN5O4. The Kier molecular flexibility index (Phi) is 8.41. The number of hydroxylamine groups is 1. The Balaban J connectivity index is 1.24. The molecule has 0 saturated carbocycles. The summed E-state index contributed by atoms with van der Waals surface area (Å²) in [5, 5.41) is 3.82. The van der Waals surface area contributed by atoms with Gasteiger partial charge in [0, 0.05) is 57.5 Å². The highest BCUT2D eigenvalue weighted by Gasteiger charge is 2.30. The molecule has 3 fully saturated rings. The number of hydrogen-bond acceptors (Lipinski definition) is 6. The van der Waals surface area contributed by atoms with Gasteiger partial charge in [-0.3, -0.25) is 4.79 Å². The molecule has 1 aromatic heterocycles. The summed E-state index contributed by atoms with van der Waals surface area (Å²) in [5.74, 6) is 0.195. The number of piperidine rings is 1. The van der Waals surface area contributed by atoms with Gasteiger partial charge in [0.2, 0.25) is 0 Å². The molecule has 1 aromatic rings. The zero-order chi connectivity index (χ0) is 23.0. The highest BCUT2D eigenvalue weighted by atomic mass is 35.5. The Labute approximate surface area is 199 Å². The van der Waals surface area contributed by atoms with Crippen molar-refractivity contribution in [2.45, 2.75) is 57.3 Å². The molecule has 2 atom stereocenters. The lowest BCUT2D eigenvalue weighted by atomic mass is 10.1. The summed E-state index contributed by atoms with van der Waals surface area (Å²) in [5.41, 5.74) is 3.08. The Bertz CT molecular complexity index is 855. The van der Waals surface area contributed by atoms with Crippen LogP contribution in [0.1, 0.15) is 50.5 Å². The number of hydrogen-bond donors (Lipinski definition) is 2. The van der Waals surface area contributed by atoms with Crippen LogP contribution >= 0.6 is 11.6 Å². The smallest absolute Gasteiger partial charge is 0.320 e. The molecule has 3 amide bonds. The molecule has 10 heteroatoms. The van der Waals surface area contributed by atoms with Crippen molar-refractivity contribution in [3.8, 4) is 0 Å². The minimum Gasteiger partial charge on any atom is -0.364 e. The molecule has 0 bridgehead atoms. The molecule has 3 aliphatic rings. The summed E-state index contributed by atoms with van der Waals surface area (Å²) < 4.78 is 5.41. The van der Waals surface area contributed by atoms with Crippen molar-refractivity contribution in [1.82, 2.24) is 20.3 Å². The number of anilines is 1. The van der Waals surface area contributed by atoms with Gasteiger partial charge in [0.05, 0.1) is 5.02 Å². The number of nitrogens with zero attached hydrogens (tertiary/aromatic N) is 3. The number of aromatic nitrogens is 1. The van der Waals surface area contributed by atoms with E-state index in [1.54, 1.807) is 18.3 Å². The first kappa shape index (κ1) is 23.8. The number of pyridine rings is 1. The molecule has 33 heavy (non-hydrogen) atoms. The van der Waals surface area contributed by atoms with Crippen molar-refractivity contribution in [2.75, 3.05) is 38.1 Å². The maximum atomic E-state index is 12.7. The van der Waals surface area contributed by atoms with Gasteiger partial charge in [-0.25, -0.2) is 20.1 Å². The molecule has 9 nitrogen and oxygen atoms in total. The summed E-state index contributed by atoms with van der Waals surface area (Å²) in [6.45, 7) is 3.73. The number of carbonyl (C=O) groups excluding carboxylic acids is 2. The third-order valence-corrected chi connectivity index (χ3v) is 6.43. The van der Waals surface area contributed by atoms with E-state index < -0.39 is 0 Å². The topological polar surface area (TPSA) is 96.0 Å². The zero-order valence-corrected chi connectivity index (χ0v) is 19.6. The van der Waals surface area contributed by atoms with Gasteiger partial charge in [-0.05, 0) is 56.2 Å². The van der Waals surface area contributed by atoms with Gasteiger partial charge < -0.3 is 19.9 Å². The van der Waals surface area contributed by atoms with Crippen LogP contribution in [0.3, 0.4) is 0 Å².